The second-order valence-corrected chi connectivity index (χ2v) is 3.39. The van der Waals surface area contributed by atoms with Crippen LogP contribution in [-0.2, 0) is 10.5 Å². The standard InChI is InChI=1S/C7H10NO2S/c1-6-3-4-8(11(9)10)7(2)5-6/h3,5H,4H2,1-2H3/q+1. The van der Waals surface area contributed by atoms with E-state index in [4.69, 9.17) is 0 Å². The first-order valence-corrected chi connectivity index (χ1v) is 4.36. The summed E-state index contributed by atoms with van der Waals surface area (Å²) in [5.74, 6) is 0. The van der Waals surface area contributed by atoms with Crippen LogP contribution in [0.25, 0.3) is 0 Å². The number of hydrogen-bond donors (Lipinski definition) is 0. The van der Waals surface area contributed by atoms with E-state index < -0.39 is 10.5 Å². The molecule has 0 aromatic carbocycles. The largest absolute Gasteiger partial charge is 0.465 e. The molecule has 0 radical (unpaired) electrons. The molecule has 0 spiro atoms. The van der Waals surface area contributed by atoms with Crippen molar-refractivity contribution < 1.29 is 12.4 Å². The Labute approximate surface area is 67.3 Å². The van der Waals surface area contributed by atoms with Crippen LogP contribution in [0, 0.1) is 0 Å². The Morgan fingerprint density at radius 3 is 2.55 bits per heavy atom. The second-order valence-electron chi connectivity index (χ2n) is 2.51. The number of nitrogens with zero attached hydrogens (tertiary/aromatic N) is 1. The molecular formula is C7H10NO2S+. The molecule has 3 nitrogen and oxygen atoms in total. The van der Waals surface area contributed by atoms with Crippen molar-refractivity contribution in [2.45, 2.75) is 13.8 Å². The van der Waals surface area contributed by atoms with Crippen LogP contribution in [-0.4, -0.2) is 18.9 Å². The minimum Gasteiger partial charge on any atom is -0.122 e. The maximum absolute atomic E-state index is 10.5. The summed E-state index contributed by atoms with van der Waals surface area (Å²) in [6.07, 6.45) is 3.72. The highest BCUT2D eigenvalue weighted by Crippen LogP contribution is 2.08. The lowest BCUT2D eigenvalue weighted by molar-refractivity contribution is -0.441. The van der Waals surface area contributed by atoms with E-state index in [0.717, 1.165) is 11.3 Å². The average molecular weight is 172 g/mol. The molecule has 0 atom stereocenters. The van der Waals surface area contributed by atoms with Gasteiger partial charge in [-0.3, -0.25) is 0 Å². The zero-order valence-electron chi connectivity index (χ0n) is 6.53. The van der Waals surface area contributed by atoms with Gasteiger partial charge in [-0.15, -0.1) is 8.42 Å². The fourth-order valence-corrected chi connectivity index (χ4v) is 1.49. The minimum absolute atomic E-state index is 0.463. The van der Waals surface area contributed by atoms with E-state index in [2.05, 4.69) is 0 Å². The van der Waals surface area contributed by atoms with Crippen molar-refractivity contribution >= 4 is 10.5 Å². The van der Waals surface area contributed by atoms with Crippen molar-refractivity contribution in [1.29, 1.82) is 0 Å². The Morgan fingerprint density at radius 1 is 1.45 bits per heavy atom. The second kappa shape index (κ2) is 3.00. The van der Waals surface area contributed by atoms with Crippen LogP contribution < -0.4 is 0 Å². The molecule has 1 rings (SSSR count). The van der Waals surface area contributed by atoms with Gasteiger partial charge < -0.3 is 0 Å². The first-order valence-electron chi connectivity index (χ1n) is 3.33. The third-order valence-corrected chi connectivity index (χ3v) is 2.39. The van der Waals surface area contributed by atoms with Crippen LogP contribution in [0.15, 0.2) is 23.4 Å². The van der Waals surface area contributed by atoms with E-state index in [0.29, 0.717) is 6.54 Å². The Morgan fingerprint density at radius 2 is 2.09 bits per heavy atom. The molecule has 1 aliphatic rings. The van der Waals surface area contributed by atoms with Crippen molar-refractivity contribution in [3.8, 4) is 0 Å². The predicted molar refractivity (Wildman–Crippen MR) is 41.6 cm³/mol. The molecule has 0 unspecified atom stereocenters. The molecule has 4 heteroatoms. The molecular weight excluding hydrogens is 162 g/mol. The van der Waals surface area contributed by atoms with Gasteiger partial charge in [0.1, 0.15) is 0 Å². The summed E-state index contributed by atoms with van der Waals surface area (Å²) in [5.41, 5.74) is 1.89. The molecule has 1 aliphatic heterocycles. The highest BCUT2D eigenvalue weighted by Gasteiger charge is 2.13. The van der Waals surface area contributed by atoms with Crippen LogP contribution in [0.3, 0.4) is 0 Å². The van der Waals surface area contributed by atoms with E-state index in [1.165, 1.54) is 3.95 Å². The van der Waals surface area contributed by atoms with Crippen molar-refractivity contribution in [3.63, 3.8) is 0 Å². The minimum atomic E-state index is -2.13. The van der Waals surface area contributed by atoms with E-state index in [9.17, 15) is 8.42 Å². The zero-order chi connectivity index (χ0) is 8.43. The van der Waals surface area contributed by atoms with Gasteiger partial charge in [-0.2, -0.15) is 0 Å². The number of hydrogen-bond acceptors (Lipinski definition) is 2. The van der Waals surface area contributed by atoms with Gasteiger partial charge in [-0.05, 0) is 18.6 Å². The molecule has 60 valence electrons. The van der Waals surface area contributed by atoms with Crippen molar-refractivity contribution in [2.24, 2.45) is 0 Å². The summed E-state index contributed by atoms with van der Waals surface area (Å²) in [6.45, 7) is 4.20. The van der Waals surface area contributed by atoms with E-state index in [-0.39, 0.29) is 0 Å². The predicted octanol–water partition coefficient (Wildman–Crippen LogP) is 0.925. The summed E-state index contributed by atoms with van der Waals surface area (Å²) in [4.78, 5) is 0. The number of allylic oxidation sites excluding steroid dienone is 3. The van der Waals surface area contributed by atoms with Gasteiger partial charge in [0.2, 0.25) is 0 Å². The van der Waals surface area contributed by atoms with Crippen molar-refractivity contribution in [3.05, 3.63) is 23.4 Å². The van der Waals surface area contributed by atoms with Gasteiger partial charge >= 0.3 is 10.5 Å². The van der Waals surface area contributed by atoms with Gasteiger partial charge in [0.25, 0.3) is 0 Å². The van der Waals surface area contributed by atoms with Crippen LogP contribution >= 0.6 is 0 Å². The van der Waals surface area contributed by atoms with Gasteiger partial charge in [-0.25, -0.2) is 0 Å². The number of rotatable bonds is 0. The SMILES string of the molecule is CC1=CC[N+](=S(=O)=O)C(C)=C1. The molecule has 0 N–H and O–H groups in total. The van der Waals surface area contributed by atoms with Crippen LogP contribution in [0.5, 0.6) is 0 Å². The van der Waals surface area contributed by atoms with Crippen molar-refractivity contribution in [1.82, 2.24) is 0 Å². The normalized spacial score (nSPS) is 17.5. The summed E-state index contributed by atoms with van der Waals surface area (Å²) < 4.78 is 22.4. The monoisotopic (exact) mass is 172 g/mol. The highest BCUT2D eigenvalue weighted by atomic mass is 32.2. The maximum atomic E-state index is 10.5. The Balaban J connectivity index is 3.18. The first-order chi connectivity index (χ1) is 5.11. The van der Waals surface area contributed by atoms with Gasteiger partial charge in [-0.1, -0.05) is 3.95 Å². The van der Waals surface area contributed by atoms with Crippen LogP contribution in [0.4, 0.5) is 0 Å². The molecule has 0 saturated heterocycles. The summed E-state index contributed by atoms with van der Waals surface area (Å²) >= 11 is 0. The molecule has 0 saturated carbocycles. The first kappa shape index (κ1) is 8.20. The summed E-state index contributed by atoms with van der Waals surface area (Å²) in [6, 6.07) is 0. The third-order valence-electron chi connectivity index (χ3n) is 1.59. The molecule has 0 amide bonds. The maximum Gasteiger partial charge on any atom is 0.465 e. The molecule has 1 heterocycles. The smallest absolute Gasteiger partial charge is 0.122 e. The van der Waals surface area contributed by atoms with E-state index in [1.807, 2.05) is 19.1 Å². The quantitative estimate of drug-likeness (QED) is 0.510. The molecule has 0 bridgehead atoms. The highest BCUT2D eigenvalue weighted by molar-refractivity contribution is 7.59. The summed E-state index contributed by atoms with van der Waals surface area (Å²) in [5, 5.41) is 0. The fraction of sp³-hybridized carbons (Fsp3) is 0.429. The zero-order valence-corrected chi connectivity index (χ0v) is 7.35. The molecule has 0 aromatic rings. The lowest BCUT2D eigenvalue weighted by Crippen LogP contribution is -2.12. The lowest BCUT2D eigenvalue weighted by Gasteiger charge is -2.00. The molecule has 0 aromatic heterocycles. The van der Waals surface area contributed by atoms with E-state index in [1.54, 1.807) is 6.92 Å². The Hall–Kier alpha value is -0.900. The Bertz CT molecular complexity index is 352. The molecule has 0 fully saturated rings. The molecule has 11 heavy (non-hydrogen) atoms. The van der Waals surface area contributed by atoms with Crippen LogP contribution in [0.1, 0.15) is 13.8 Å². The lowest BCUT2D eigenvalue weighted by atomic mass is 10.2. The third kappa shape index (κ3) is 1.77. The van der Waals surface area contributed by atoms with Crippen molar-refractivity contribution in [2.75, 3.05) is 6.54 Å². The topological polar surface area (TPSA) is 37.1 Å². The van der Waals surface area contributed by atoms with Crippen LogP contribution in [0.2, 0.25) is 0 Å². The van der Waals surface area contributed by atoms with Gasteiger partial charge in [0.15, 0.2) is 12.2 Å². The Kier molecular flexibility index (Phi) is 2.24. The fourth-order valence-electron chi connectivity index (χ4n) is 1.01. The van der Waals surface area contributed by atoms with Gasteiger partial charge in [0.05, 0.1) is 0 Å². The van der Waals surface area contributed by atoms with E-state index >= 15 is 0 Å². The average Bonchev–Trinajstić information content (AvgIpc) is 1.85. The van der Waals surface area contributed by atoms with Gasteiger partial charge in [0, 0.05) is 13.0 Å². The molecule has 0 aliphatic carbocycles. The summed E-state index contributed by atoms with van der Waals surface area (Å²) in [7, 11) is -2.13.